The van der Waals surface area contributed by atoms with Crippen molar-refractivity contribution in [3.8, 4) is 5.69 Å². The van der Waals surface area contributed by atoms with Gasteiger partial charge in [-0.3, -0.25) is 9.47 Å². The fraction of sp³-hybridized carbons (Fsp3) is 0.480. The third kappa shape index (κ3) is 4.35. The maximum atomic E-state index is 12.6. The topological polar surface area (TPSA) is 66.3 Å². The van der Waals surface area contributed by atoms with E-state index in [1.807, 2.05) is 23.2 Å². The summed E-state index contributed by atoms with van der Waals surface area (Å²) in [6.07, 6.45) is 7.55. The molecule has 1 N–H and O–H groups in total. The third-order valence-corrected chi connectivity index (χ3v) is 6.80. The SMILES string of the molecule is CCc1ccc(-n2c(CN3CCN(C(=O)NC4CCCC4)CC3)nc3cccnc32)cc1. The van der Waals surface area contributed by atoms with E-state index < -0.39 is 0 Å². The number of imidazole rings is 1. The van der Waals surface area contributed by atoms with Crippen molar-refractivity contribution < 1.29 is 4.79 Å². The number of carbonyl (C=O) groups is 1. The van der Waals surface area contributed by atoms with E-state index in [2.05, 4.69) is 51.0 Å². The van der Waals surface area contributed by atoms with Crippen LogP contribution in [0.25, 0.3) is 16.9 Å². The molecule has 1 aliphatic carbocycles. The number of nitrogens with zero attached hydrogens (tertiary/aromatic N) is 5. The number of benzene rings is 1. The molecule has 3 heterocycles. The number of carbonyl (C=O) groups excluding carboxylic acids is 1. The Hall–Kier alpha value is -2.93. The molecule has 5 rings (SSSR count). The first-order valence-electron chi connectivity index (χ1n) is 11.9. The minimum Gasteiger partial charge on any atom is -0.335 e. The molecular weight excluding hydrogens is 400 g/mol. The lowest BCUT2D eigenvalue weighted by atomic mass is 10.1. The molecule has 2 aliphatic rings. The number of aromatic nitrogens is 3. The van der Waals surface area contributed by atoms with Gasteiger partial charge < -0.3 is 10.2 Å². The summed E-state index contributed by atoms with van der Waals surface area (Å²) in [6.45, 7) is 6.11. The van der Waals surface area contributed by atoms with Crippen LogP contribution in [-0.4, -0.2) is 62.6 Å². The number of fused-ring (bicyclic) bond motifs is 1. The predicted molar refractivity (Wildman–Crippen MR) is 126 cm³/mol. The van der Waals surface area contributed by atoms with Crippen LogP contribution in [0.4, 0.5) is 4.79 Å². The molecule has 0 spiro atoms. The molecule has 1 saturated carbocycles. The minimum absolute atomic E-state index is 0.101. The molecule has 7 nitrogen and oxygen atoms in total. The predicted octanol–water partition coefficient (Wildman–Crippen LogP) is 3.75. The van der Waals surface area contributed by atoms with E-state index in [0.717, 1.165) is 74.7 Å². The molecule has 1 aliphatic heterocycles. The van der Waals surface area contributed by atoms with Gasteiger partial charge in [-0.25, -0.2) is 14.8 Å². The normalized spacial score (nSPS) is 17.8. The van der Waals surface area contributed by atoms with Crippen molar-refractivity contribution in [2.24, 2.45) is 0 Å². The van der Waals surface area contributed by atoms with Crippen LogP contribution in [-0.2, 0) is 13.0 Å². The van der Waals surface area contributed by atoms with Gasteiger partial charge in [-0.1, -0.05) is 31.9 Å². The molecule has 32 heavy (non-hydrogen) atoms. The number of hydrogen-bond acceptors (Lipinski definition) is 4. The van der Waals surface area contributed by atoms with Crippen LogP contribution in [0.3, 0.4) is 0 Å². The number of nitrogens with one attached hydrogen (secondary N) is 1. The molecule has 168 valence electrons. The maximum absolute atomic E-state index is 12.6. The summed E-state index contributed by atoms with van der Waals surface area (Å²) >= 11 is 0. The lowest BCUT2D eigenvalue weighted by Gasteiger charge is -2.35. The number of amides is 2. The van der Waals surface area contributed by atoms with Crippen molar-refractivity contribution >= 4 is 17.2 Å². The lowest BCUT2D eigenvalue weighted by molar-refractivity contribution is 0.131. The maximum Gasteiger partial charge on any atom is 0.317 e. The largest absolute Gasteiger partial charge is 0.335 e. The number of urea groups is 1. The van der Waals surface area contributed by atoms with Gasteiger partial charge in [-0.15, -0.1) is 0 Å². The average Bonchev–Trinajstić information content (AvgIpc) is 3.47. The first-order chi connectivity index (χ1) is 15.7. The molecule has 7 heteroatoms. The molecule has 2 amide bonds. The van der Waals surface area contributed by atoms with E-state index in [-0.39, 0.29) is 6.03 Å². The summed E-state index contributed by atoms with van der Waals surface area (Å²) in [7, 11) is 0. The number of piperazine rings is 1. The second-order valence-electron chi connectivity index (χ2n) is 8.92. The highest BCUT2D eigenvalue weighted by atomic mass is 16.2. The van der Waals surface area contributed by atoms with Crippen molar-refractivity contribution in [2.45, 2.75) is 51.6 Å². The Morgan fingerprint density at radius 2 is 1.81 bits per heavy atom. The van der Waals surface area contributed by atoms with Crippen molar-refractivity contribution in [2.75, 3.05) is 26.2 Å². The quantitative estimate of drug-likeness (QED) is 0.667. The highest BCUT2D eigenvalue weighted by Crippen LogP contribution is 2.22. The van der Waals surface area contributed by atoms with E-state index in [9.17, 15) is 4.79 Å². The van der Waals surface area contributed by atoms with Crippen LogP contribution in [0.2, 0.25) is 0 Å². The standard InChI is InChI=1S/C25H32N6O/c1-2-19-9-11-21(12-10-19)31-23(28-22-8-5-13-26-24(22)31)18-29-14-16-30(17-15-29)25(32)27-20-6-3-4-7-20/h5,8-13,20H,2-4,6-7,14-18H2,1H3,(H,27,32). The summed E-state index contributed by atoms with van der Waals surface area (Å²) in [4.78, 5) is 26.5. The van der Waals surface area contributed by atoms with Crippen molar-refractivity contribution in [1.82, 2.24) is 29.7 Å². The van der Waals surface area contributed by atoms with Crippen LogP contribution in [0.1, 0.15) is 44.0 Å². The van der Waals surface area contributed by atoms with E-state index in [0.29, 0.717) is 6.04 Å². The van der Waals surface area contributed by atoms with Gasteiger partial charge >= 0.3 is 6.03 Å². The van der Waals surface area contributed by atoms with Gasteiger partial charge in [0.1, 0.15) is 11.3 Å². The first-order valence-corrected chi connectivity index (χ1v) is 11.9. The number of rotatable bonds is 5. The van der Waals surface area contributed by atoms with Crippen LogP contribution in [0.15, 0.2) is 42.6 Å². The molecule has 0 atom stereocenters. The molecule has 3 aromatic rings. The van der Waals surface area contributed by atoms with Gasteiger partial charge in [0.05, 0.1) is 6.54 Å². The van der Waals surface area contributed by atoms with Crippen molar-refractivity contribution in [3.05, 3.63) is 54.0 Å². The van der Waals surface area contributed by atoms with Gasteiger partial charge in [0, 0.05) is 44.1 Å². The van der Waals surface area contributed by atoms with E-state index >= 15 is 0 Å². The molecule has 0 bridgehead atoms. The van der Waals surface area contributed by atoms with Crippen LogP contribution >= 0.6 is 0 Å². The second kappa shape index (κ2) is 9.28. The number of hydrogen-bond donors (Lipinski definition) is 1. The monoisotopic (exact) mass is 432 g/mol. The molecule has 1 saturated heterocycles. The van der Waals surface area contributed by atoms with Crippen LogP contribution < -0.4 is 5.32 Å². The molecule has 1 aromatic carbocycles. The third-order valence-electron chi connectivity index (χ3n) is 6.80. The number of pyridine rings is 1. The van der Waals surface area contributed by atoms with Gasteiger partial charge in [-0.05, 0) is 49.1 Å². The Bertz CT molecular complexity index is 1060. The average molecular weight is 433 g/mol. The van der Waals surface area contributed by atoms with Gasteiger partial charge in [0.15, 0.2) is 5.65 Å². The second-order valence-corrected chi connectivity index (χ2v) is 8.92. The van der Waals surface area contributed by atoms with Crippen LogP contribution in [0.5, 0.6) is 0 Å². The van der Waals surface area contributed by atoms with Crippen molar-refractivity contribution in [3.63, 3.8) is 0 Å². The molecule has 0 unspecified atom stereocenters. The van der Waals surface area contributed by atoms with Gasteiger partial charge in [-0.2, -0.15) is 0 Å². The summed E-state index contributed by atoms with van der Waals surface area (Å²) in [5.41, 5.74) is 4.21. The molecule has 0 radical (unpaired) electrons. The van der Waals surface area contributed by atoms with Crippen molar-refractivity contribution in [1.29, 1.82) is 0 Å². The Kier molecular flexibility index (Phi) is 6.08. The Morgan fingerprint density at radius 1 is 1.06 bits per heavy atom. The van der Waals surface area contributed by atoms with E-state index in [4.69, 9.17) is 4.98 Å². The van der Waals surface area contributed by atoms with Gasteiger partial charge in [0.25, 0.3) is 0 Å². The molecule has 2 aromatic heterocycles. The Morgan fingerprint density at radius 3 is 2.53 bits per heavy atom. The summed E-state index contributed by atoms with van der Waals surface area (Å²) in [5.74, 6) is 0.992. The zero-order valence-corrected chi connectivity index (χ0v) is 18.8. The highest BCUT2D eigenvalue weighted by molar-refractivity contribution is 5.75. The molecule has 2 fully saturated rings. The highest BCUT2D eigenvalue weighted by Gasteiger charge is 2.25. The zero-order chi connectivity index (χ0) is 21.9. The summed E-state index contributed by atoms with van der Waals surface area (Å²) < 4.78 is 2.17. The van der Waals surface area contributed by atoms with E-state index in [1.54, 1.807) is 0 Å². The van der Waals surface area contributed by atoms with Gasteiger partial charge in [0.2, 0.25) is 0 Å². The number of aryl methyl sites for hydroxylation is 1. The zero-order valence-electron chi connectivity index (χ0n) is 18.8. The minimum atomic E-state index is 0.101. The Labute approximate surface area is 189 Å². The lowest BCUT2D eigenvalue weighted by Crippen LogP contribution is -2.53. The smallest absolute Gasteiger partial charge is 0.317 e. The summed E-state index contributed by atoms with van der Waals surface area (Å²) in [6, 6.07) is 13.1. The Balaban J connectivity index is 1.30. The fourth-order valence-electron chi connectivity index (χ4n) is 4.86. The summed E-state index contributed by atoms with van der Waals surface area (Å²) in [5, 5.41) is 3.21. The van der Waals surface area contributed by atoms with Crippen LogP contribution in [0, 0.1) is 0 Å². The fourth-order valence-corrected chi connectivity index (χ4v) is 4.86. The molecular formula is C25H32N6O. The van der Waals surface area contributed by atoms with E-state index in [1.165, 1.54) is 18.4 Å². The first kappa shape index (κ1) is 20.9.